The number of hydrogen-bond donors (Lipinski definition) is 0. The minimum Gasteiger partial charge on any atom is -0.465 e. The third kappa shape index (κ3) is 5.04. The average Bonchev–Trinajstić information content (AvgIpc) is 3.23. The number of carbonyl (C=O) groups is 3. The molecular formula is C36H40F2O6. The van der Waals surface area contributed by atoms with E-state index in [4.69, 9.17) is 14.2 Å². The minimum atomic E-state index is -0.789. The van der Waals surface area contributed by atoms with Gasteiger partial charge < -0.3 is 14.2 Å². The van der Waals surface area contributed by atoms with E-state index in [1.54, 1.807) is 0 Å². The fourth-order valence-electron chi connectivity index (χ4n) is 9.63. The van der Waals surface area contributed by atoms with Gasteiger partial charge in [0.05, 0.1) is 11.1 Å². The van der Waals surface area contributed by atoms with Gasteiger partial charge in [0.1, 0.15) is 30.4 Å². The molecular weight excluding hydrogens is 566 g/mol. The highest BCUT2D eigenvalue weighted by atomic mass is 19.1. The van der Waals surface area contributed by atoms with Crippen molar-refractivity contribution < 1.29 is 37.4 Å². The van der Waals surface area contributed by atoms with Gasteiger partial charge in [-0.15, -0.1) is 0 Å². The molecule has 8 atom stereocenters. The van der Waals surface area contributed by atoms with Crippen LogP contribution in [0.3, 0.4) is 0 Å². The van der Waals surface area contributed by atoms with Gasteiger partial charge in [0.25, 0.3) is 0 Å². The molecule has 4 aliphatic carbocycles. The first kappa shape index (κ1) is 30.5. The van der Waals surface area contributed by atoms with Crippen LogP contribution >= 0.6 is 0 Å². The lowest BCUT2D eigenvalue weighted by Crippen LogP contribution is -2.66. The number of ether oxygens (including phenoxy) is 3. The molecule has 0 amide bonds. The number of benzene rings is 2. The van der Waals surface area contributed by atoms with E-state index in [2.05, 4.69) is 13.5 Å². The molecule has 0 radical (unpaired) electrons. The topological polar surface area (TPSA) is 78.9 Å². The highest BCUT2D eigenvalue weighted by Gasteiger charge is 2.70. The molecule has 4 aliphatic rings. The number of allylic oxidation sites excluding steroid dienone is 1. The summed E-state index contributed by atoms with van der Waals surface area (Å²) in [7, 11) is 0. The summed E-state index contributed by atoms with van der Waals surface area (Å²) in [4.78, 5) is 39.0. The Kier molecular flexibility index (Phi) is 7.70. The molecule has 6 rings (SSSR count). The SMILES string of the molecule is C=C1C[C@]23C[C@H]1CC[C@H]2[C@]1(C)CC[C@@H](OC(=O)c2ccc(F)cc2)[C@](C)(COC(C)=O)[C@H]1C[C@@H]3OC(=O)c1ccc(F)cc1. The third-order valence-corrected chi connectivity index (χ3v) is 11.7. The Bertz CT molecular complexity index is 1470. The van der Waals surface area contributed by atoms with Crippen molar-refractivity contribution in [2.75, 3.05) is 6.61 Å². The normalized spacial score (nSPS) is 35.7. The first-order valence-electron chi connectivity index (χ1n) is 15.6. The van der Waals surface area contributed by atoms with Crippen LogP contribution in [0, 0.1) is 45.6 Å². The predicted octanol–water partition coefficient (Wildman–Crippen LogP) is 7.47. The molecule has 0 unspecified atom stereocenters. The predicted molar refractivity (Wildman–Crippen MR) is 158 cm³/mol. The standard InChI is InChI=1S/C36H40F2O6/c1-21-18-36-19-25(21)9-14-28(36)34(3)16-15-30(43-32(40)23-5-10-26(37)11-6-23)35(4,20-42-22(2)39)29(34)17-31(36)44-33(41)24-7-12-27(38)13-8-24/h5-8,10-13,25,28-31H,1,9,14-20H2,2-4H3/t25-,28+,29+,30-,31+,34+,35-,36+/m1/s1. The lowest BCUT2D eigenvalue weighted by Gasteiger charge is -2.66. The summed E-state index contributed by atoms with van der Waals surface area (Å²) >= 11 is 0. The lowest BCUT2D eigenvalue weighted by molar-refractivity contribution is -0.232. The van der Waals surface area contributed by atoms with E-state index in [9.17, 15) is 23.2 Å². The molecule has 2 bridgehead atoms. The number of esters is 3. The smallest absolute Gasteiger partial charge is 0.338 e. The molecule has 0 N–H and O–H groups in total. The number of rotatable bonds is 6. The van der Waals surface area contributed by atoms with Gasteiger partial charge in [-0.05, 0) is 117 Å². The summed E-state index contributed by atoms with van der Waals surface area (Å²) < 4.78 is 45.4. The molecule has 4 saturated carbocycles. The van der Waals surface area contributed by atoms with Crippen LogP contribution in [0.4, 0.5) is 8.78 Å². The quantitative estimate of drug-likeness (QED) is 0.193. The molecule has 8 heteroatoms. The molecule has 0 aliphatic heterocycles. The molecule has 44 heavy (non-hydrogen) atoms. The van der Waals surface area contributed by atoms with Crippen molar-refractivity contribution in [2.24, 2.45) is 34.0 Å². The van der Waals surface area contributed by atoms with Crippen molar-refractivity contribution in [1.82, 2.24) is 0 Å². The van der Waals surface area contributed by atoms with Crippen LogP contribution in [0.1, 0.15) is 86.4 Å². The molecule has 4 fully saturated rings. The number of hydrogen-bond acceptors (Lipinski definition) is 6. The maximum atomic E-state index is 13.6. The zero-order chi connectivity index (χ0) is 31.4. The van der Waals surface area contributed by atoms with Crippen LogP contribution in [-0.4, -0.2) is 36.7 Å². The van der Waals surface area contributed by atoms with Crippen molar-refractivity contribution in [1.29, 1.82) is 0 Å². The van der Waals surface area contributed by atoms with Crippen molar-refractivity contribution in [3.63, 3.8) is 0 Å². The highest BCUT2D eigenvalue weighted by molar-refractivity contribution is 5.90. The Morgan fingerprint density at radius 2 is 1.41 bits per heavy atom. The van der Waals surface area contributed by atoms with Crippen LogP contribution in [0.25, 0.3) is 0 Å². The average molecular weight is 607 g/mol. The van der Waals surface area contributed by atoms with E-state index in [-0.39, 0.29) is 40.4 Å². The van der Waals surface area contributed by atoms with Crippen LogP contribution in [0.15, 0.2) is 60.7 Å². The monoisotopic (exact) mass is 606 g/mol. The molecule has 0 aromatic heterocycles. The van der Waals surface area contributed by atoms with Gasteiger partial charge in [-0.25, -0.2) is 18.4 Å². The second-order valence-electron chi connectivity index (χ2n) is 14.0. The number of fused-ring (bicyclic) bond motifs is 3. The van der Waals surface area contributed by atoms with Crippen molar-refractivity contribution in [2.45, 2.75) is 77.9 Å². The van der Waals surface area contributed by atoms with Crippen molar-refractivity contribution in [3.8, 4) is 0 Å². The van der Waals surface area contributed by atoms with E-state index in [0.717, 1.165) is 32.1 Å². The summed E-state index contributed by atoms with van der Waals surface area (Å²) in [6, 6.07) is 10.6. The summed E-state index contributed by atoms with van der Waals surface area (Å²) in [6.07, 6.45) is 4.51. The van der Waals surface area contributed by atoms with Gasteiger partial charge in [-0.3, -0.25) is 4.79 Å². The van der Waals surface area contributed by atoms with Gasteiger partial charge >= 0.3 is 17.9 Å². The third-order valence-electron chi connectivity index (χ3n) is 11.7. The van der Waals surface area contributed by atoms with E-state index in [0.29, 0.717) is 18.8 Å². The van der Waals surface area contributed by atoms with Crippen LogP contribution < -0.4 is 0 Å². The second kappa shape index (κ2) is 11.1. The maximum absolute atomic E-state index is 13.6. The summed E-state index contributed by atoms with van der Waals surface area (Å²) in [5.74, 6) is -1.89. The Labute approximate surface area is 257 Å². The highest BCUT2D eigenvalue weighted by Crippen LogP contribution is 2.73. The molecule has 234 valence electrons. The Hall–Kier alpha value is -3.55. The fraction of sp³-hybridized carbons (Fsp3) is 0.528. The van der Waals surface area contributed by atoms with Gasteiger partial charge in [-0.2, -0.15) is 0 Å². The second-order valence-corrected chi connectivity index (χ2v) is 14.0. The Balaban J connectivity index is 1.37. The van der Waals surface area contributed by atoms with Crippen molar-refractivity contribution >= 4 is 17.9 Å². The van der Waals surface area contributed by atoms with Crippen LogP contribution in [0.5, 0.6) is 0 Å². The molecule has 1 spiro atoms. The van der Waals surface area contributed by atoms with E-state index in [1.165, 1.54) is 61.0 Å². The zero-order valence-corrected chi connectivity index (χ0v) is 25.6. The lowest BCUT2D eigenvalue weighted by atomic mass is 9.40. The molecule has 2 aromatic carbocycles. The maximum Gasteiger partial charge on any atom is 0.338 e. The van der Waals surface area contributed by atoms with E-state index < -0.39 is 47.2 Å². The van der Waals surface area contributed by atoms with Gasteiger partial charge in [-0.1, -0.05) is 26.0 Å². The zero-order valence-electron chi connectivity index (χ0n) is 25.6. The van der Waals surface area contributed by atoms with E-state index >= 15 is 0 Å². The number of carbonyl (C=O) groups excluding carboxylic acids is 3. The Morgan fingerprint density at radius 1 is 0.841 bits per heavy atom. The van der Waals surface area contributed by atoms with Gasteiger partial charge in [0, 0.05) is 17.8 Å². The first-order chi connectivity index (χ1) is 20.9. The van der Waals surface area contributed by atoms with E-state index in [1.807, 2.05) is 6.92 Å². The fourth-order valence-corrected chi connectivity index (χ4v) is 9.63. The molecule has 0 heterocycles. The molecule has 6 nitrogen and oxygen atoms in total. The first-order valence-corrected chi connectivity index (χ1v) is 15.6. The van der Waals surface area contributed by atoms with Gasteiger partial charge in [0.2, 0.25) is 0 Å². The number of halogens is 2. The molecule has 0 saturated heterocycles. The summed E-state index contributed by atoms with van der Waals surface area (Å²) in [5.41, 5.74) is 0.466. The van der Waals surface area contributed by atoms with Crippen LogP contribution in [-0.2, 0) is 19.0 Å². The van der Waals surface area contributed by atoms with Gasteiger partial charge in [0.15, 0.2) is 0 Å². The largest absolute Gasteiger partial charge is 0.465 e. The Morgan fingerprint density at radius 3 is 1.98 bits per heavy atom. The molecule has 2 aromatic rings. The minimum absolute atomic E-state index is 0.0393. The summed E-state index contributed by atoms with van der Waals surface area (Å²) in [5, 5.41) is 0. The summed E-state index contributed by atoms with van der Waals surface area (Å²) in [6.45, 7) is 10.2. The van der Waals surface area contributed by atoms with Crippen molar-refractivity contribution in [3.05, 3.63) is 83.4 Å². The van der Waals surface area contributed by atoms with Crippen LogP contribution in [0.2, 0.25) is 0 Å².